The van der Waals surface area contributed by atoms with Gasteiger partial charge in [0, 0.05) is 12.7 Å². The molecule has 19 heavy (non-hydrogen) atoms. The van der Waals surface area contributed by atoms with Gasteiger partial charge in [-0.15, -0.1) is 0 Å². The lowest BCUT2D eigenvalue weighted by molar-refractivity contribution is 0.0340. The van der Waals surface area contributed by atoms with Crippen molar-refractivity contribution in [3.63, 3.8) is 0 Å². The van der Waals surface area contributed by atoms with Crippen LogP contribution < -0.4 is 10.1 Å². The van der Waals surface area contributed by atoms with Gasteiger partial charge in [0.15, 0.2) is 0 Å². The summed E-state index contributed by atoms with van der Waals surface area (Å²) in [6.07, 6.45) is 0.111. The normalized spacial score (nSPS) is 14.5. The molecular weight excluding hydrogens is 238 g/mol. The Balaban J connectivity index is 3.31. The molecule has 1 rings (SSSR count). The quantitative estimate of drug-likeness (QED) is 0.856. The topological polar surface area (TPSA) is 30.5 Å². The van der Waals surface area contributed by atoms with Gasteiger partial charge in [-0.25, -0.2) is 0 Å². The van der Waals surface area contributed by atoms with Crippen LogP contribution in [0.3, 0.4) is 0 Å². The number of nitrogens with one attached hydrogen (secondary N) is 1. The van der Waals surface area contributed by atoms with Crippen molar-refractivity contribution in [3.8, 4) is 5.75 Å². The second-order valence-electron chi connectivity index (χ2n) is 5.41. The average Bonchev–Trinajstić information content (AvgIpc) is 2.35. The first-order chi connectivity index (χ1) is 8.96. The van der Waals surface area contributed by atoms with Crippen molar-refractivity contribution < 1.29 is 9.47 Å². The summed E-state index contributed by atoms with van der Waals surface area (Å²) in [6.45, 7) is 8.56. The highest BCUT2D eigenvalue weighted by atomic mass is 16.5. The van der Waals surface area contributed by atoms with Crippen LogP contribution in [0.2, 0.25) is 0 Å². The SMILES string of the molecule is CNC(c1c(C)cc(C)cc1OC)C(OC)C(C)C. The van der Waals surface area contributed by atoms with Gasteiger partial charge in [0.05, 0.1) is 19.3 Å². The molecule has 0 radical (unpaired) electrons. The highest BCUT2D eigenvalue weighted by Gasteiger charge is 2.28. The van der Waals surface area contributed by atoms with E-state index < -0.39 is 0 Å². The molecule has 2 unspecified atom stereocenters. The Bertz CT molecular complexity index is 415. The van der Waals surface area contributed by atoms with E-state index in [0.29, 0.717) is 5.92 Å². The molecule has 1 N–H and O–H groups in total. The van der Waals surface area contributed by atoms with Gasteiger partial charge >= 0.3 is 0 Å². The molecule has 1 aromatic rings. The van der Waals surface area contributed by atoms with Crippen LogP contribution in [0.4, 0.5) is 0 Å². The zero-order chi connectivity index (χ0) is 14.6. The van der Waals surface area contributed by atoms with E-state index in [0.717, 1.165) is 5.75 Å². The zero-order valence-electron chi connectivity index (χ0n) is 13.2. The monoisotopic (exact) mass is 265 g/mol. The Morgan fingerprint density at radius 3 is 2.16 bits per heavy atom. The number of aryl methyl sites for hydroxylation is 2. The summed E-state index contributed by atoms with van der Waals surface area (Å²) in [5.41, 5.74) is 3.64. The molecule has 0 saturated carbocycles. The zero-order valence-corrected chi connectivity index (χ0v) is 13.2. The molecule has 0 saturated heterocycles. The van der Waals surface area contributed by atoms with Crippen molar-refractivity contribution in [2.24, 2.45) is 5.92 Å². The van der Waals surface area contributed by atoms with Crippen LogP contribution in [0.15, 0.2) is 12.1 Å². The summed E-state index contributed by atoms with van der Waals surface area (Å²) in [5.74, 6) is 1.35. The van der Waals surface area contributed by atoms with Gasteiger partial charge in [0.25, 0.3) is 0 Å². The van der Waals surface area contributed by atoms with Crippen LogP contribution in [0.1, 0.15) is 36.6 Å². The number of rotatable bonds is 6. The second-order valence-corrected chi connectivity index (χ2v) is 5.41. The van der Waals surface area contributed by atoms with E-state index in [1.165, 1.54) is 16.7 Å². The Labute approximate surface area is 117 Å². The van der Waals surface area contributed by atoms with E-state index in [-0.39, 0.29) is 12.1 Å². The molecule has 2 atom stereocenters. The first kappa shape index (κ1) is 16.0. The van der Waals surface area contributed by atoms with Crippen molar-refractivity contribution in [2.75, 3.05) is 21.3 Å². The summed E-state index contributed by atoms with van der Waals surface area (Å²) >= 11 is 0. The van der Waals surface area contributed by atoms with Crippen molar-refractivity contribution in [3.05, 3.63) is 28.8 Å². The third kappa shape index (κ3) is 3.48. The molecule has 0 aliphatic carbocycles. The molecule has 0 aromatic heterocycles. The highest BCUT2D eigenvalue weighted by molar-refractivity contribution is 5.45. The lowest BCUT2D eigenvalue weighted by atomic mass is 9.89. The fraction of sp³-hybridized carbons (Fsp3) is 0.625. The van der Waals surface area contributed by atoms with Crippen LogP contribution in [-0.2, 0) is 4.74 Å². The van der Waals surface area contributed by atoms with E-state index in [1.54, 1.807) is 14.2 Å². The third-order valence-corrected chi connectivity index (χ3v) is 3.59. The molecule has 0 aliphatic heterocycles. The summed E-state index contributed by atoms with van der Waals surface area (Å²) in [7, 11) is 5.46. The molecule has 0 fully saturated rings. The van der Waals surface area contributed by atoms with Crippen LogP contribution in [-0.4, -0.2) is 27.4 Å². The maximum Gasteiger partial charge on any atom is 0.124 e. The van der Waals surface area contributed by atoms with E-state index in [2.05, 4.69) is 45.1 Å². The number of likely N-dealkylation sites (N-methyl/N-ethyl adjacent to an activating group) is 1. The molecule has 0 aliphatic rings. The molecule has 108 valence electrons. The fourth-order valence-electron chi connectivity index (χ4n) is 2.77. The Morgan fingerprint density at radius 1 is 1.11 bits per heavy atom. The van der Waals surface area contributed by atoms with Crippen molar-refractivity contribution in [2.45, 2.75) is 39.8 Å². The smallest absolute Gasteiger partial charge is 0.124 e. The Kier molecular flexibility index (Phi) is 5.83. The molecular formula is C16H27NO2. The lowest BCUT2D eigenvalue weighted by Gasteiger charge is -2.31. The summed E-state index contributed by atoms with van der Waals surface area (Å²) in [5, 5.41) is 3.38. The van der Waals surface area contributed by atoms with Crippen LogP contribution in [0.25, 0.3) is 0 Å². The minimum atomic E-state index is 0.111. The first-order valence-electron chi connectivity index (χ1n) is 6.81. The largest absolute Gasteiger partial charge is 0.496 e. The van der Waals surface area contributed by atoms with Crippen molar-refractivity contribution >= 4 is 0 Å². The molecule has 3 nitrogen and oxygen atoms in total. The van der Waals surface area contributed by atoms with E-state index in [1.807, 2.05) is 7.05 Å². The molecule has 0 heterocycles. The highest BCUT2D eigenvalue weighted by Crippen LogP contribution is 2.34. The molecule has 0 amide bonds. The maximum absolute atomic E-state index is 5.69. The van der Waals surface area contributed by atoms with Crippen molar-refractivity contribution in [1.82, 2.24) is 5.32 Å². The average molecular weight is 265 g/mol. The van der Waals surface area contributed by atoms with Gasteiger partial charge in [0.1, 0.15) is 5.75 Å². The Hall–Kier alpha value is -1.06. The maximum atomic E-state index is 5.69. The van der Waals surface area contributed by atoms with Crippen molar-refractivity contribution in [1.29, 1.82) is 0 Å². The number of benzene rings is 1. The minimum Gasteiger partial charge on any atom is -0.496 e. The van der Waals surface area contributed by atoms with Crippen LogP contribution >= 0.6 is 0 Å². The number of hydrogen-bond acceptors (Lipinski definition) is 3. The molecule has 0 spiro atoms. The number of methoxy groups -OCH3 is 2. The van der Waals surface area contributed by atoms with E-state index in [9.17, 15) is 0 Å². The minimum absolute atomic E-state index is 0.111. The predicted molar refractivity (Wildman–Crippen MR) is 79.9 cm³/mol. The predicted octanol–water partition coefficient (Wildman–Crippen LogP) is 3.24. The first-order valence-corrected chi connectivity index (χ1v) is 6.81. The van der Waals surface area contributed by atoms with E-state index >= 15 is 0 Å². The van der Waals surface area contributed by atoms with Gasteiger partial charge in [-0.2, -0.15) is 0 Å². The van der Waals surface area contributed by atoms with E-state index in [4.69, 9.17) is 9.47 Å². The Morgan fingerprint density at radius 2 is 1.74 bits per heavy atom. The van der Waals surface area contributed by atoms with Gasteiger partial charge in [-0.3, -0.25) is 0 Å². The summed E-state index contributed by atoms with van der Waals surface area (Å²) in [4.78, 5) is 0. The lowest BCUT2D eigenvalue weighted by Crippen LogP contribution is -2.35. The van der Waals surface area contributed by atoms with Gasteiger partial charge in [0.2, 0.25) is 0 Å². The van der Waals surface area contributed by atoms with Gasteiger partial charge in [-0.05, 0) is 44.0 Å². The molecule has 3 heteroatoms. The molecule has 0 bridgehead atoms. The number of ether oxygens (including phenoxy) is 2. The fourth-order valence-corrected chi connectivity index (χ4v) is 2.77. The van der Waals surface area contributed by atoms with Crippen LogP contribution in [0, 0.1) is 19.8 Å². The number of hydrogen-bond donors (Lipinski definition) is 1. The molecule has 1 aromatic carbocycles. The van der Waals surface area contributed by atoms with Crippen LogP contribution in [0.5, 0.6) is 5.75 Å². The third-order valence-electron chi connectivity index (χ3n) is 3.59. The second kappa shape index (κ2) is 6.92. The summed E-state index contributed by atoms with van der Waals surface area (Å²) in [6, 6.07) is 4.40. The van der Waals surface area contributed by atoms with Gasteiger partial charge < -0.3 is 14.8 Å². The standard InChI is InChI=1S/C16H27NO2/c1-10(2)16(19-7)15(17-5)14-12(4)8-11(3)9-13(14)18-6/h8-10,15-17H,1-7H3. The van der Waals surface area contributed by atoms with Gasteiger partial charge in [-0.1, -0.05) is 19.9 Å². The summed E-state index contributed by atoms with van der Waals surface area (Å²) < 4.78 is 11.3.